The molecule has 1 saturated carbocycles. The smallest absolute Gasteiger partial charge is 0.323 e. The van der Waals surface area contributed by atoms with Crippen molar-refractivity contribution in [1.82, 2.24) is 9.55 Å². The molecular weight excluding hydrogens is 299 g/mol. The molecule has 106 valence electrons. The Morgan fingerprint density at radius 1 is 1.45 bits per heavy atom. The third-order valence-corrected chi connectivity index (χ3v) is 4.66. The molecule has 4 nitrogen and oxygen atoms in total. The Bertz CT molecular complexity index is 722. The van der Waals surface area contributed by atoms with Crippen molar-refractivity contribution in [3.05, 3.63) is 28.0 Å². The molecule has 0 amide bonds. The number of fused-ring (bicyclic) bond motifs is 1. The number of carboxylic acids is 1. The summed E-state index contributed by atoms with van der Waals surface area (Å²) in [7, 11) is 0. The zero-order chi connectivity index (χ0) is 14.7. The van der Waals surface area contributed by atoms with Crippen LogP contribution in [0.5, 0.6) is 0 Å². The number of carbonyl (C=O) groups is 1. The number of halogens is 2. The van der Waals surface area contributed by atoms with E-state index in [1.807, 2.05) is 0 Å². The van der Waals surface area contributed by atoms with Crippen molar-refractivity contribution >= 4 is 40.2 Å². The van der Waals surface area contributed by atoms with Gasteiger partial charge in [-0.2, -0.15) is 0 Å². The molecule has 1 aliphatic carbocycles. The molecule has 0 saturated heterocycles. The fourth-order valence-corrected chi connectivity index (χ4v) is 2.93. The quantitative estimate of drug-likeness (QED) is 0.933. The van der Waals surface area contributed by atoms with Gasteiger partial charge in [-0.1, -0.05) is 37.0 Å². The van der Waals surface area contributed by atoms with E-state index in [1.54, 1.807) is 16.7 Å². The van der Waals surface area contributed by atoms with Gasteiger partial charge in [0.05, 0.1) is 21.1 Å². The van der Waals surface area contributed by atoms with Crippen LogP contribution in [0.2, 0.25) is 10.0 Å². The van der Waals surface area contributed by atoms with Crippen LogP contribution < -0.4 is 0 Å². The first-order valence-corrected chi connectivity index (χ1v) is 7.12. The van der Waals surface area contributed by atoms with Crippen molar-refractivity contribution in [1.29, 1.82) is 0 Å². The van der Waals surface area contributed by atoms with E-state index in [0.717, 1.165) is 17.8 Å². The van der Waals surface area contributed by atoms with Crippen LogP contribution in [0, 0.1) is 5.41 Å². The lowest BCUT2D eigenvalue weighted by molar-refractivity contribution is -0.137. The second-order valence-electron chi connectivity index (χ2n) is 5.95. The highest BCUT2D eigenvalue weighted by Crippen LogP contribution is 2.58. The highest BCUT2D eigenvalue weighted by atomic mass is 35.5. The molecule has 0 aliphatic heterocycles. The zero-order valence-corrected chi connectivity index (χ0v) is 12.7. The first-order valence-electron chi connectivity index (χ1n) is 6.36. The summed E-state index contributed by atoms with van der Waals surface area (Å²) in [5.41, 5.74) is 1.59. The first-order chi connectivity index (χ1) is 9.29. The van der Waals surface area contributed by atoms with Gasteiger partial charge in [0, 0.05) is 5.92 Å². The standard InChI is InChI=1S/C14H14Cl2N2O2/c1-14(2)5-7(14)13-17-10-3-8(15)9(16)4-11(10)18(13)6-12(19)20/h3-4,7H,5-6H2,1-2H3,(H,19,20). The average molecular weight is 313 g/mol. The van der Waals surface area contributed by atoms with E-state index < -0.39 is 5.97 Å². The van der Waals surface area contributed by atoms with Gasteiger partial charge in [0.25, 0.3) is 0 Å². The summed E-state index contributed by atoms with van der Waals surface area (Å²) in [5.74, 6) is 0.201. The van der Waals surface area contributed by atoms with Crippen LogP contribution in [0.1, 0.15) is 32.0 Å². The van der Waals surface area contributed by atoms with Gasteiger partial charge in [-0.25, -0.2) is 4.98 Å². The number of hydrogen-bond donors (Lipinski definition) is 1. The number of aromatic nitrogens is 2. The van der Waals surface area contributed by atoms with Crippen LogP contribution in [0.4, 0.5) is 0 Å². The molecule has 6 heteroatoms. The Kier molecular flexibility index (Phi) is 2.99. The molecule has 1 heterocycles. The third kappa shape index (κ3) is 2.17. The van der Waals surface area contributed by atoms with Gasteiger partial charge < -0.3 is 9.67 Å². The monoisotopic (exact) mass is 312 g/mol. The minimum absolute atomic E-state index is 0.115. The predicted molar refractivity (Wildman–Crippen MR) is 78.5 cm³/mol. The topological polar surface area (TPSA) is 55.1 Å². The SMILES string of the molecule is CC1(C)CC1c1nc2cc(Cl)c(Cl)cc2n1CC(=O)O. The number of imidazole rings is 1. The zero-order valence-electron chi connectivity index (χ0n) is 11.2. The molecular formula is C14H14Cl2N2O2. The highest BCUT2D eigenvalue weighted by Gasteiger charge is 2.49. The summed E-state index contributed by atoms with van der Waals surface area (Å²) in [6, 6.07) is 3.38. The van der Waals surface area contributed by atoms with Crippen LogP contribution in [0.25, 0.3) is 11.0 Å². The number of carboxylic acid groups (broad SMARTS) is 1. The number of aliphatic carboxylic acids is 1. The second kappa shape index (κ2) is 4.37. The second-order valence-corrected chi connectivity index (χ2v) is 6.76. The Morgan fingerprint density at radius 2 is 2.05 bits per heavy atom. The highest BCUT2D eigenvalue weighted by molar-refractivity contribution is 6.42. The summed E-state index contributed by atoms with van der Waals surface area (Å²) in [5, 5.41) is 9.96. The van der Waals surface area contributed by atoms with Crippen molar-refractivity contribution in [3.8, 4) is 0 Å². The normalized spacial score (nSPS) is 20.3. The van der Waals surface area contributed by atoms with E-state index in [-0.39, 0.29) is 17.9 Å². The molecule has 2 aromatic rings. The fraction of sp³-hybridized carbons (Fsp3) is 0.429. The van der Waals surface area contributed by atoms with E-state index in [2.05, 4.69) is 18.8 Å². The molecule has 1 atom stereocenters. The molecule has 1 N–H and O–H groups in total. The van der Waals surface area contributed by atoms with E-state index in [0.29, 0.717) is 15.6 Å². The van der Waals surface area contributed by atoms with Crippen LogP contribution in [-0.2, 0) is 11.3 Å². The molecule has 1 fully saturated rings. The molecule has 0 bridgehead atoms. The molecule has 1 aliphatic rings. The summed E-state index contributed by atoms with van der Waals surface area (Å²) >= 11 is 12.0. The number of nitrogens with zero attached hydrogens (tertiary/aromatic N) is 2. The van der Waals surface area contributed by atoms with Gasteiger partial charge in [0.15, 0.2) is 0 Å². The van der Waals surface area contributed by atoms with Crippen LogP contribution in [-0.4, -0.2) is 20.6 Å². The molecule has 0 spiro atoms. The lowest BCUT2D eigenvalue weighted by atomic mass is 10.1. The molecule has 1 aromatic carbocycles. The average Bonchev–Trinajstić information content (AvgIpc) is 2.83. The number of benzene rings is 1. The van der Waals surface area contributed by atoms with Crippen molar-refractivity contribution < 1.29 is 9.90 Å². The van der Waals surface area contributed by atoms with E-state index in [4.69, 9.17) is 28.3 Å². The number of rotatable bonds is 3. The van der Waals surface area contributed by atoms with E-state index >= 15 is 0 Å². The van der Waals surface area contributed by atoms with Gasteiger partial charge in [-0.15, -0.1) is 0 Å². The minimum atomic E-state index is -0.893. The third-order valence-electron chi connectivity index (χ3n) is 3.94. The van der Waals surface area contributed by atoms with Gasteiger partial charge >= 0.3 is 5.97 Å². The molecule has 20 heavy (non-hydrogen) atoms. The summed E-state index contributed by atoms with van der Waals surface area (Å²) in [6.07, 6.45) is 1.01. The maximum absolute atomic E-state index is 11.1. The summed E-state index contributed by atoms with van der Waals surface area (Å²) in [4.78, 5) is 15.7. The van der Waals surface area contributed by atoms with E-state index in [1.165, 1.54) is 0 Å². The minimum Gasteiger partial charge on any atom is -0.480 e. The lowest BCUT2D eigenvalue weighted by Gasteiger charge is -2.08. The molecule has 3 rings (SSSR count). The largest absolute Gasteiger partial charge is 0.480 e. The predicted octanol–water partition coefficient (Wildman–Crippen LogP) is 3.94. The molecule has 1 aromatic heterocycles. The van der Waals surface area contributed by atoms with Crippen molar-refractivity contribution in [2.24, 2.45) is 5.41 Å². The van der Waals surface area contributed by atoms with Gasteiger partial charge in [0.1, 0.15) is 12.4 Å². The van der Waals surface area contributed by atoms with Crippen LogP contribution in [0.15, 0.2) is 12.1 Å². The maximum Gasteiger partial charge on any atom is 0.323 e. The Labute approximate surface area is 126 Å². The molecule has 0 radical (unpaired) electrons. The fourth-order valence-electron chi connectivity index (χ4n) is 2.61. The summed E-state index contributed by atoms with van der Waals surface area (Å²) in [6.45, 7) is 4.19. The van der Waals surface area contributed by atoms with E-state index in [9.17, 15) is 4.79 Å². The lowest BCUT2D eigenvalue weighted by Crippen LogP contribution is -2.12. The van der Waals surface area contributed by atoms with Gasteiger partial charge in [0.2, 0.25) is 0 Å². The van der Waals surface area contributed by atoms with Gasteiger partial charge in [-0.3, -0.25) is 4.79 Å². The maximum atomic E-state index is 11.1. The van der Waals surface area contributed by atoms with Crippen molar-refractivity contribution in [3.63, 3.8) is 0 Å². The summed E-state index contributed by atoms with van der Waals surface area (Å²) < 4.78 is 1.74. The number of hydrogen-bond acceptors (Lipinski definition) is 2. The van der Waals surface area contributed by atoms with Crippen LogP contribution >= 0.6 is 23.2 Å². The Balaban J connectivity index is 2.20. The van der Waals surface area contributed by atoms with Crippen molar-refractivity contribution in [2.75, 3.05) is 0 Å². The van der Waals surface area contributed by atoms with Crippen LogP contribution in [0.3, 0.4) is 0 Å². The Hall–Kier alpha value is -1.26. The Morgan fingerprint density at radius 3 is 2.60 bits per heavy atom. The van der Waals surface area contributed by atoms with Crippen molar-refractivity contribution in [2.45, 2.75) is 32.7 Å². The molecule has 1 unspecified atom stereocenters. The van der Waals surface area contributed by atoms with Gasteiger partial charge in [-0.05, 0) is 24.0 Å². The first kappa shape index (κ1) is 13.7.